The summed E-state index contributed by atoms with van der Waals surface area (Å²) in [4.78, 5) is 4.29. The summed E-state index contributed by atoms with van der Waals surface area (Å²) in [5, 5.41) is 13.5. The van der Waals surface area contributed by atoms with Crippen molar-refractivity contribution in [3.8, 4) is 0 Å². The first-order valence-corrected chi connectivity index (χ1v) is 5.33. The van der Waals surface area contributed by atoms with Crippen LogP contribution in [0.15, 0.2) is 9.80 Å². The van der Waals surface area contributed by atoms with Crippen LogP contribution in [0, 0.1) is 6.92 Å². The zero-order chi connectivity index (χ0) is 10.7. The number of nitrogens with one attached hydrogen (secondary N) is 1. The van der Waals surface area contributed by atoms with E-state index in [-0.39, 0.29) is 6.54 Å². The minimum absolute atomic E-state index is 0.255. The molecule has 2 aromatic heterocycles. The largest absolute Gasteiger partial charge is 0.407 e. The van der Waals surface area contributed by atoms with Crippen molar-refractivity contribution in [3.05, 3.63) is 22.0 Å². The van der Waals surface area contributed by atoms with Crippen LogP contribution >= 0.6 is 11.3 Å². The van der Waals surface area contributed by atoms with Gasteiger partial charge in [0.15, 0.2) is 0 Å². The third-order valence-electron chi connectivity index (χ3n) is 1.70. The van der Waals surface area contributed by atoms with Gasteiger partial charge in [0.25, 0.3) is 0 Å². The van der Waals surface area contributed by atoms with Crippen LogP contribution < -0.4 is 11.1 Å². The fourth-order valence-electron chi connectivity index (χ4n) is 1.04. The van der Waals surface area contributed by atoms with E-state index in [0.29, 0.717) is 18.5 Å². The summed E-state index contributed by atoms with van der Waals surface area (Å²) < 4.78 is 5.18. The molecule has 80 valence electrons. The highest BCUT2D eigenvalue weighted by Crippen LogP contribution is 2.11. The molecule has 0 saturated heterocycles. The summed E-state index contributed by atoms with van der Waals surface area (Å²) in [6, 6.07) is 0.378. The van der Waals surface area contributed by atoms with Gasteiger partial charge in [0.2, 0.25) is 5.89 Å². The molecule has 0 bridgehead atoms. The number of aromatic nitrogens is 3. The Balaban J connectivity index is 1.93. The summed E-state index contributed by atoms with van der Waals surface area (Å²) in [7, 11) is 0. The van der Waals surface area contributed by atoms with Gasteiger partial charge in [-0.1, -0.05) is 5.10 Å². The molecular formula is C8H11N5OS. The third-order valence-corrected chi connectivity index (χ3v) is 2.67. The minimum Gasteiger partial charge on any atom is -0.407 e. The van der Waals surface area contributed by atoms with E-state index in [9.17, 15) is 0 Å². The van der Waals surface area contributed by atoms with Crippen LogP contribution in [0.1, 0.15) is 16.6 Å². The number of hydrogen-bond donors (Lipinski definition) is 2. The topological polar surface area (TPSA) is 89.9 Å². The van der Waals surface area contributed by atoms with Gasteiger partial charge >= 0.3 is 6.01 Å². The first-order valence-electron chi connectivity index (χ1n) is 4.45. The van der Waals surface area contributed by atoms with Gasteiger partial charge in [0.05, 0.1) is 13.1 Å². The molecule has 0 fully saturated rings. The highest BCUT2D eigenvalue weighted by molar-refractivity contribution is 7.09. The highest BCUT2D eigenvalue weighted by Gasteiger charge is 2.04. The molecule has 2 heterocycles. The second-order valence-corrected chi connectivity index (χ2v) is 3.88. The van der Waals surface area contributed by atoms with Gasteiger partial charge in [-0.05, 0) is 6.92 Å². The lowest BCUT2D eigenvalue weighted by molar-refractivity contribution is 0.507. The maximum atomic E-state index is 5.34. The molecule has 0 saturated carbocycles. The van der Waals surface area contributed by atoms with Gasteiger partial charge in [-0.25, -0.2) is 4.98 Å². The number of hydrogen-bond acceptors (Lipinski definition) is 7. The predicted molar refractivity (Wildman–Crippen MR) is 56.4 cm³/mol. The van der Waals surface area contributed by atoms with Crippen LogP contribution in [0.2, 0.25) is 0 Å². The van der Waals surface area contributed by atoms with E-state index < -0.39 is 0 Å². The molecule has 6 nitrogen and oxygen atoms in total. The van der Waals surface area contributed by atoms with Crippen LogP contribution in [0.4, 0.5) is 6.01 Å². The predicted octanol–water partition coefficient (Wildman–Crippen LogP) is 0.905. The summed E-state index contributed by atoms with van der Waals surface area (Å²) in [5.74, 6) is 0.424. The second-order valence-electron chi connectivity index (χ2n) is 2.94. The number of nitrogens with zero attached hydrogens (tertiary/aromatic N) is 3. The zero-order valence-electron chi connectivity index (χ0n) is 8.23. The highest BCUT2D eigenvalue weighted by atomic mass is 32.1. The Morgan fingerprint density at radius 1 is 1.53 bits per heavy atom. The molecule has 0 amide bonds. The van der Waals surface area contributed by atoms with Crippen LogP contribution in [0.3, 0.4) is 0 Å². The molecule has 0 spiro atoms. The SMILES string of the molecule is Cc1csc(CNc2nnc(CN)o2)n1. The van der Waals surface area contributed by atoms with E-state index in [1.54, 1.807) is 11.3 Å². The first kappa shape index (κ1) is 10.1. The second kappa shape index (κ2) is 4.37. The van der Waals surface area contributed by atoms with Gasteiger partial charge in [0, 0.05) is 11.1 Å². The van der Waals surface area contributed by atoms with Crippen LogP contribution in [0.5, 0.6) is 0 Å². The van der Waals surface area contributed by atoms with Gasteiger partial charge in [0.1, 0.15) is 5.01 Å². The Morgan fingerprint density at radius 2 is 2.40 bits per heavy atom. The lowest BCUT2D eigenvalue weighted by Gasteiger charge is -1.95. The number of rotatable bonds is 4. The Labute approximate surface area is 90.5 Å². The quantitative estimate of drug-likeness (QED) is 0.803. The molecule has 0 aliphatic heterocycles. The fraction of sp³-hybridized carbons (Fsp3) is 0.375. The first-order chi connectivity index (χ1) is 7.28. The summed E-state index contributed by atoms with van der Waals surface area (Å²) in [6.07, 6.45) is 0. The smallest absolute Gasteiger partial charge is 0.315 e. The van der Waals surface area contributed by atoms with Gasteiger partial charge in [-0.2, -0.15) is 0 Å². The van der Waals surface area contributed by atoms with Gasteiger partial charge in [-0.3, -0.25) is 0 Å². The van der Waals surface area contributed by atoms with Crippen molar-refractivity contribution < 1.29 is 4.42 Å². The standard InChI is InChI=1S/C8H11N5OS/c1-5-4-15-7(11-5)3-10-8-13-12-6(2-9)14-8/h4H,2-3,9H2,1H3,(H,10,13). The number of aryl methyl sites for hydroxylation is 1. The summed E-state index contributed by atoms with van der Waals surface area (Å²) in [5.41, 5.74) is 6.36. The van der Waals surface area contributed by atoms with Crippen molar-refractivity contribution >= 4 is 17.4 Å². The molecular weight excluding hydrogens is 214 g/mol. The number of anilines is 1. The molecule has 2 rings (SSSR count). The maximum Gasteiger partial charge on any atom is 0.315 e. The fourth-order valence-corrected chi connectivity index (χ4v) is 1.75. The molecule has 0 aliphatic carbocycles. The monoisotopic (exact) mass is 225 g/mol. The van der Waals surface area contributed by atoms with Gasteiger partial charge < -0.3 is 15.5 Å². The molecule has 3 N–H and O–H groups in total. The summed E-state index contributed by atoms with van der Waals surface area (Å²) in [6.45, 7) is 2.80. The molecule has 0 radical (unpaired) electrons. The van der Waals surface area contributed by atoms with E-state index in [2.05, 4.69) is 20.5 Å². The van der Waals surface area contributed by atoms with Crippen molar-refractivity contribution in [3.63, 3.8) is 0 Å². The van der Waals surface area contributed by atoms with E-state index in [1.807, 2.05) is 12.3 Å². The zero-order valence-corrected chi connectivity index (χ0v) is 9.04. The van der Waals surface area contributed by atoms with Crippen molar-refractivity contribution in [2.24, 2.45) is 5.73 Å². The van der Waals surface area contributed by atoms with Crippen molar-refractivity contribution in [1.82, 2.24) is 15.2 Å². The van der Waals surface area contributed by atoms with E-state index in [0.717, 1.165) is 10.7 Å². The van der Waals surface area contributed by atoms with E-state index in [4.69, 9.17) is 10.2 Å². The Bertz CT molecular complexity index is 438. The molecule has 2 aromatic rings. The summed E-state index contributed by atoms with van der Waals surface area (Å²) >= 11 is 1.59. The third kappa shape index (κ3) is 2.51. The average Bonchev–Trinajstić information content (AvgIpc) is 2.83. The lowest BCUT2D eigenvalue weighted by atomic mass is 10.6. The molecule has 15 heavy (non-hydrogen) atoms. The number of nitrogens with two attached hydrogens (primary N) is 1. The van der Waals surface area contributed by atoms with Crippen LogP contribution in [0.25, 0.3) is 0 Å². The van der Waals surface area contributed by atoms with Crippen LogP contribution in [-0.2, 0) is 13.1 Å². The minimum atomic E-state index is 0.255. The van der Waals surface area contributed by atoms with Crippen molar-refractivity contribution in [2.75, 3.05) is 5.32 Å². The lowest BCUT2D eigenvalue weighted by Crippen LogP contribution is -1.99. The molecule has 0 aliphatic rings. The molecule has 0 unspecified atom stereocenters. The van der Waals surface area contributed by atoms with Gasteiger partial charge in [-0.15, -0.1) is 16.4 Å². The Hall–Kier alpha value is -1.47. The normalized spacial score (nSPS) is 10.5. The van der Waals surface area contributed by atoms with Crippen LogP contribution in [-0.4, -0.2) is 15.2 Å². The van der Waals surface area contributed by atoms with E-state index in [1.165, 1.54) is 0 Å². The molecule has 0 atom stereocenters. The average molecular weight is 225 g/mol. The molecule has 0 aromatic carbocycles. The van der Waals surface area contributed by atoms with Crippen molar-refractivity contribution in [2.45, 2.75) is 20.0 Å². The molecule has 7 heteroatoms. The maximum absolute atomic E-state index is 5.34. The Morgan fingerprint density at radius 3 is 3.00 bits per heavy atom. The van der Waals surface area contributed by atoms with E-state index >= 15 is 0 Å². The number of thiazole rings is 1. The Kier molecular flexibility index (Phi) is 2.93. The van der Waals surface area contributed by atoms with Crippen molar-refractivity contribution in [1.29, 1.82) is 0 Å².